The van der Waals surface area contributed by atoms with Crippen LogP contribution in [0.4, 0.5) is 4.39 Å². The Morgan fingerprint density at radius 3 is 2.41 bits per heavy atom. The Morgan fingerprint density at radius 1 is 1.16 bits per heavy atom. The van der Waals surface area contributed by atoms with E-state index < -0.39 is 21.8 Å². The van der Waals surface area contributed by atoms with Crippen molar-refractivity contribution in [2.75, 3.05) is 13.1 Å². The van der Waals surface area contributed by atoms with E-state index in [1.807, 2.05) is 13.8 Å². The van der Waals surface area contributed by atoms with Crippen molar-refractivity contribution < 1.29 is 32.2 Å². The summed E-state index contributed by atoms with van der Waals surface area (Å²) in [7, 11) is -3.63. The van der Waals surface area contributed by atoms with Crippen molar-refractivity contribution in [3.05, 3.63) is 53.8 Å². The number of aliphatic carboxylic acids is 1. The molecule has 1 aliphatic heterocycles. The summed E-state index contributed by atoms with van der Waals surface area (Å²) in [5, 5.41) is 8.91. The zero-order valence-corrected chi connectivity index (χ0v) is 19.0. The van der Waals surface area contributed by atoms with Gasteiger partial charge < -0.3 is 14.6 Å². The van der Waals surface area contributed by atoms with Crippen molar-refractivity contribution in [1.29, 1.82) is 0 Å². The van der Waals surface area contributed by atoms with Crippen LogP contribution in [0, 0.1) is 5.82 Å². The molecule has 0 atom stereocenters. The highest BCUT2D eigenvalue weighted by molar-refractivity contribution is 7.89. The summed E-state index contributed by atoms with van der Waals surface area (Å²) < 4.78 is 52.5. The maximum atomic E-state index is 13.6. The minimum absolute atomic E-state index is 0.00207. The molecule has 7 nitrogen and oxygen atoms in total. The van der Waals surface area contributed by atoms with Gasteiger partial charge in [0, 0.05) is 19.5 Å². The number of carboxylic acids is 1. The SMILES string of the molecule is CC(C)Oc1ccc(S(=O)(=O)N2CCC(Oc3ccc(F)cc3CCC(=O)O)CC2)cc1. The van der Waals surface area contributed by atoms with Gasteiger partial charge in [0.15, 0.2) is 0 Å². The lowest BCUT2D eigenvalue weighted by Crippen LogP contribution is -2.41. The molecule has 32 heavy (non-hydrogen) atoms. The zero-order valence-electron chi connectivity index (χ0n) is 18.2. The summed E-state index contributed by atoms with van der Waals surface area (Å²) >= 11 is 0. The van der Waals surface area contributed by atoms with E-state index in [1.54, 1.807) is 24.3 Å². The van der Waals surface area contributed by atoms with E-state index in [-0.39, 0.29) is 29.9 Å². The maximum absolute atomic E-state index is 13.6. The Bertz CT molecular complexity index is 1030. The highest BCUT2D eigenvalue weighted by atomic mass is 32.2. The number of aryl methyl sites for hydroxylation is 1. The van der Waals surface area contributed by atoms with Crippen LogP contribution in [0.3, 0.4) is 0 Å². The van der Waals surface area contributed by atoms with E-state index in [0.717, 1.165) is 0 Å². The number of carboxylic acid groups (broad SMARTS) is 1. The average molecular weight is 466 g/mol. The highest BCUT2D eigenvalue weighted by Crippen LogP contribution is 2.28. The molecule has 0 amide bonds. The van der Waals surface area contributed by atoms with Gasteiger partial charge in [-0.2, -0.15) is 4.31 Å². The number of hydrogen-bond acceptors (Lipinski definition) is 5. The molecule has 0 aliphatic carbocycles. The number of sulfonamides is 1. The van der Waals surface area contributed by atoms with Gasteiger partial charge >= 0.3 is 5.97 Å². The standard InChI is InChI=1S/C23H28FNO6S/c1-16(2)30-19-5-7-21(8-6-19)32(28,29)25-13-11-20(12-14-25)31-22-9-4-18(24)15-17(22)3-10-23(26)27/h4-9,15-16,20H,3,10-14H2,1-2H3,(H,26,27). The van der Waals surface area contributed by atoms with Gasteiger partial charge in [-0.3, -0.25) is 4.79 Å². The quantitative estimate of drug-likeness (QED) is 0.605. The second-order valence-corrected chi connectivity index (χ2v) is 9.94. The lowest BCUT2D eigenvalue weighted by Gasteiger charge is -2.32. The number of piperidine rings is 1. The maximum Gasteiger partial charge on any atom is 0.303 e. The van der Waals surface area contributed by atoms with Gasteiger partial charge in [0.2, 0.25) is 10.0 Å². The smallest absolute Gasteiger partial charge is 0.303 e. The van der Waals surface area contributed by atoms with Crippen molar-refractivity contribution >= 4 is 16.0 Å². The number of nitrogens with zero attached hydrogens (tertiary/aromatic N) is 1. The van der Waals surface area contributed by atoms with Crippen LogP contribution in [0.2, 0.25) is 0 Å². The first kappa shape index (κ1) is 24.0. The van der Waals surface area contributed by atoms with Gasteiger partial charge in [0.1, 0.15) is 23.4 Å². The molecule has 174 valence electrons. The predicted molar refractivity (Wildman–Crippen MR) is 117 cm³/mol. The number of ether oxygens (including phenoxy) is 2. The van der Waals surface area contributed by atoms with Crippen LogP contribution in [0.25, 0.3) is 0 Å². The van der Waals surface area contributed by atoms with Crippen LogP contribution >= 0.6 is 0 Å². The van der Waals surface area contributed by atoms with Gasteiger partial charge in [0.25, 0.3) is 0 Å². The fraction of sp³-hybridized carbons (Fsp3) is 0.435. The molecule has 0 spiro atoms. The molecule has 1 saturated heterocycles. The zero-order chi connectivity index (χ0) is 23.3. The Kier molecular flexibility index (Phi) is 7.73. The molecule has 9 heteroatoms. The van der Waals surface area contributed by atoms with E-state index in [4.69, 9.17) is 14.6 Å². The monoisotopic (exact) mass is 465 g/mol. The highest BCUT2D eigenvalue weighted by Gasteiger charge is 2.30. The summed E-state index contributed by atoms with van der Waals surface area (Å²) in [5.74, 6) is -0.371. The number of benzene rings is 2. The number of rotatable bonds is 9. The first-order chi connectivity index (χ1) is 15.1. The molecule has 1 aliphatic rings. The minimum atomic E-state index is -3.63. The van der Waals surface area contributed by atoms with Crippen molar-refractivity contribution in [1.82, 2.24) is 4.31 Å². The Labute approximate surface area is 187 Å². The van der Waals surface area contributed by atoms with Crippen molar-refractivity contribution in [3.63, 3.8) is 0 Å². The molecule has 1 heterocycles. The number of carbonyl (C=O) groups is 1. The lowest BCUT2D eigenvalue weighted by molar-refractivity contribution is -0.136. The van der Waals surface area contributed by atoms with E-state index in [1.165, 1.54) is 22.5 Å². The average Bonchev–Trinajstić information content (AvgIpc) is 2.74. The fourth-order valence-electron chi connectivity index (χ4n) is 3.58. The molecule has 3 rings (SSSR count). The molecule has 1 N–H and O–H groups in total. The van der Waals surface area contributed by atoms with Crippen LogP contribution in [-0.4, -0.2) is 49.1 Å². The topological polar surface area (TPSA) is 93.1 Å². The molecule has 0 unspecified atom stereocenters. The Hall–Kier alpha value is -2.65. The second kappa shape index (κ2) is 10.3. The van der Waals surface area contributed by atoms with Crippen molar-refractivity contribution in [3.8, 4) is 11.5 Å². The van der Waals surface area contributed by atoms with Crippen LogP contribution in [0.15, 0.2) is 47.4 Å². The lowest BCUT2D eigenvalue weighted by atomic mass is 10.1. The number of hydrogen-bond donors (Lipinski definition) is 1. The minimum Gasteiger partial charge on any atom is -0.491 e. The number of halogens is 1. The predicted octanol–water partition coefficient (Wildman–Crippen LogP) is 3.86. The molecule has 0 aromatic heterocycles. The summed E-state index contributed by atoms with van der Waals surface area (Å²) in [5.41, 5.74) is 0.492. The Morgan fingerprint density at radius 2 is 1.81 bits per heavy atom. The molecule has 0 bridgehead atoms. The van der Waals surface area contributed by atoms with E-state index in [0.29, 0.717) is 43.0 Å². The molecule has 0 radical (unpaired) electrons. The third-order valence-corrected chi connectivity index (χ3v) is 7.07. The third kappa shape index (κ3) is 6.20. The van der Waals surface area contributed by atoms with Crippen molar-refractivity contribution in [2.24, 2.45) is 0 Å². The van der Waals surface area contributed by atoms with E-state index in [2.05, 4.69) is 0 Å². The Balaban J connectivity index is 1.62. The van der Waals surface area contributed by atoms with Crippen LogP contribution < -0.4 is 9.47 Å². The van der Waals surface area contributed by atoms with Gasteiger partial charge in [-0.05, 0) is 81.1 Å². The first-order valence-electron chi connectivity index (χ1n) is 10.6. The molecule has 2 aromatic carbocycles. The molecule has 2 aromatic rings. The van der Waals surface area contributed by atoms with E-state index >= 15 is 0 Å². The van der Waals surface area contributed by atoms with E-state index in [9.17, 15) is 17.6 Å². The largest absolute Gasteiger partial charge is 0.491 e. The normalized spacial score (nSPS) is 15.6. The summed E-state index contributed by atoms with van der Waals surface area (Å²) in [6.07, 6.45) is 0.746. The molecule has 0 saturated carbocycles. The fourth-order valence-corrected chi connectivity index (χ4v) is 5.05. The van der Waals surface area contributed by atoms with Gasteiger partial charge in [-0.1, -0.05) is 0 Å². The first-order valence-corrected chi connectivity index (χ1v) is 12.0. The van der Waals surface area contributed by atoms with Gasteiger partial charge in [0.05, 0.1) is 11.0 Å². The molecular weight excluding hydrogens is 437 g/mol. The van der Waals surface area contributed by atoms with Crippen LogP contribution in [0.5, 0.6) is 11.5 Å². The third-order valence-electron chi connectivity index (χ3n) is 5.16. The molecular formula is C23H28FNO6S. The second-order valence-electron chi connectivity index (χ2n) is 8.01. The summed E-state index contributed by atoms with van der Waals surface area (Å²) in [6, 6.07) is 10.4. The summed E-state index contributed by atoms with van der Waals surface area (Å²) in [6.45, 7) is 4.39. The van der Waals surface area contributed by atoms with Crippen LogP contribution in [0.1, 0.15) is 38.7 Å². The molecule has 1 fully saturated rings. The van der Waals surface area contributed by atoms with Crippen LogP contribution in [-0.2, 0) is 21.2 Å². The van der Waals surface area contributed by atoms with Gasteiger partial charge in [-0.25, -0.2) is 12.8 Å². The summed E-state index contributed by atoms with van der Waals surface area (Å²) in [4.78, 5) is 11.1. The van der Waals surface area contributed by atoms with Gasteiger partial charge in [-0.15, -0.1) is 0 Å². The van der Waals surface area contributed by atoms with Crippen molar-refractivity contribution in [2.45, 2.75) is 56.6 Å².